The van der Waals surface area contributed by atoms with Gasteiger partial charge in [-0.1, -0.05) is 28.1 Å². The Bertz CT molecular complexity index is 648. The molecule has 0 saturated carbocycles. The molecule has 4 heteroatoms. The molecule has 2 aromatic rings. The zero-order valence-corrected chi connectivity index (χ0v) is 11.2. The monoisotopic (exact) mass is 292 g/mol. The first-order valence-corrected chi connectivity index (χ1v) is 6.74. The molecular formula is C13H13BrN2O. The summed E-state index contributed by atoms with van der Waals surface area (Å²) in [4.78, 5) is 17.3. The number of hydrogen-bond donors (Lipinski definition) is 0. The molecule has 0 radical (unpaired) electrons. The Morgan fingerprint density at radius 2 is 2.29 bits per heavy atom. The predicted molar refractivity (Wildman–Crippen MR) is 71.6 cm³/mol. The van der Waals surface area contributed by atoms with E-state index in [-0.39, 0.29) is 10.4 Å². The lowest BCUT2D eigenvalue weighted by Gasteiger charge is -2.22. The van der Waals surface area contributed by atoms with Gasteiger partial charge in [0.15, 0.2) is 0 Å². The third-order valence-corrected chi connectivity index (χ3v) is 4.21. The molecule has 17 heavy (non-hydrogen) atoms. The topological polar surface area (TPSA) is 34.9 Å². The van der Waals surface area contributed by atoms with Crippen LogP contribution in [-0.4, -0.2) is 9.55 Å². The first kappa shape index (κ1) is 11.0. The number of alkyl halides is 1. The van der Waals surface area contributed by atoms with Gasteiger partial charge in [-0.3, -0.25) is 9.36 Å². The average molecular weight is 293 g/mol. The molecule has 1 aromatic carbocycles. The van der Waals surface area contributed by atoms with Gasteiger partial charge in [0.05, 0.1) is 15.7 Å². The normalized spacial score (nSPS) is 19.3. The first-order valence-electron chi connectivity index (χ1n) is 5.82. The van der Waals surface area contributed by atoms with E-state index >= 15 is 0 Å². The van der Waals surface area contributed by atoms with E-state index in [2.05, 4.69) is 20.9 Å². The largest absolute Gasteiger partial charge is 0.295 e. The lowest BCUT2D eigenvalue weighted by Crippen LogP contribution is -2.29. The van der Waals surface area contributed by atoms with Crippen molar-refractivity contribution >= 4 is 26.8 Å². The Kier molecular flexibility index (Phi) is 2.54. The molecule has 0 amide bonds. The molecule has 0 N–H and O–H groups in total. The van der Waals surface area contributed by atoms with Crippen molar-refractivity contribution in [2.24, 2.45) is 0 Å². The average Bonchev–Trinajstić information content (AvgIpc) is 2.31. The van der Waals surface area contributed by atoms with Gasteiger partial charge in [-0.2, -0.15) is 0 Å². The van der Waals surface area contributed by atoms with E-state index in [0.29, 0.717) is 0 Å². The highest BCUT2D eigenvalue weighted by Gasteiger charge is 2.21. The van der Waals surface area contributed by atoms with E-state index in [1.165, 1.54) is 0 Å². The van der Waals surface area contributed by atoms with Crippen LogP contribution in [0.25, 0.3) is 10.9 Å². The van der Waals surface area contributed by atoms with Crippen LogP contribution in [0.15, 0.2) is 23.0 Å². The molecule has 88 valence electrons. The fraction of sp³-hybridized carbons (Fsp3) is 0.385. The number of aryl methyl sites for hydroxylation is 1. The van der Waals surface area contributed by atoms with Crippen LogP contribution in [0.4, 0.5) is 0 Å². The molecule has 3 nitrogen and oxygen atoms in total. The highest BCUT2D eigenvalue weighted by Crippen LogP contribution is 2.30. The van der Waals surface area contributed by atoms with Gasteiger partial charge < -0.3 is 0 Å². The maximum Gasteiger partial charge on any atom is 0.261 e. The number of fused-ring (bicyclic) bond motifs is 2. The Balaban J connectivity index is 2.44. The minimum absolute atomic E-state index is 0.104. The lowest BCUT2D eigenvalue weighted by molar-refractivity contribution is 0.498. The zero-order valence-electron chi connectivity index (χ0n) is 9.61. The number of rotatable bonds is 0. The third-order valence-electron chi connectivity index (χ3n) is 3.34. The number of aromatic nitrogens is 2. The van der Waals surface area contributed by atoms with Crippen molar-refractivity contribution in [3.05, 3.63) is 39.9 Å². The standard InChI is InChI=1S/C13H13BrN2O/c1-8-4-2-6-10-11(8)13(17)16-7-3-5-9(14)12(16)15-10/h2,4,6,9H,3,5,7H2,1H3/t9-/m0/s1. The summed E-state index contributed by atoms with van der Waals surface area (Å²) >= 11 is 3.60. The first-order chi connectivity index (χ1) is 8.18. The van der Waals surface area contributed by atoms with E-state index < -0.39 is 0 Å². The third kappa shape index (κ3) is 1.62. The highest BCUT2D eigenvalue weighted by atomic mass is 79.9. The molecule has 1 aliphatic rings. The SMILES string of the molecule is Cc1cccc2nc3n(c(=O)c12)CCC[C@@H]3Br. The molecular weight excluding hydrogens is 280 g/mol. The molecule has 0 spiro atoms. The molecule has 0 bridgehead atoms. The second kappa shape index (κ2) is 3.95. The van der Waals surface area contributed by atoms with Crippen molar-refractivity contribution in [3.63, 3.8) is 0 Å². The van der Waals surface area contributed by atoms with E-state index in [1.807, 2.05) is 29.7 Å². The van der Waals surface area contributed by atoms with E-state index in [1.54, 1.807) is 0 Å². The fourth-order valence-electron chi connectivity index (χ4n) is 2.46. The summed E-state index contributed by atoms with van der Waals surface area (Å²) in [5, 5.41) is 0.762. The fourth-order valence-corrected chi connectivity index (χ4v) is 3.13. The molecule has 0 fully saturated rings. The maximum absolute atomic E-state index is 12.4. The van der Waals surface area contributed by atoms with Crippen molar-refractivity contribution in [2.75, 3.05) is 0 Å². The molecule has 1 atom stereocenters. The summed E-state index contributed by atoms with van der Waals surface area (Å²) < 4.78 is 1.82. The Morgan fingerprint density at radius 3 is 3.12 bits per heavy atom. The smallest absolute Gasteiger partial charge is 0.261 e. The summed E-state index contributed by atoms with van der Waals surface area (Å²) in [6.07, 6.45) is 2.08. The molecule has 3 rings (SSSR count). The van der Waals surface area contributed by atoms with Gasteiger partial charge in [0.25, 0.3) is 5.56 Å². The van der Waals surface area contributed by atoms with Gasteiger partial charge in [0.1, 0.15) is 5.82 Å². The Labute approximate surface area is 108 Å². The molecule has 0 unspecified atom stereocenters. The van der Waals surface area contributed by atoms with Gasteiger partial charge in [-0.25, -0.2) is 4.98 Å². The lowest BCUT2D eigenvalue weighted by atomic mass is 10.1. The van der Waals surface area contributed by atoms with Crippen molar-refractivity contribution in [3.8, 4) is 0 Å². The number of halogens is 1. The van der Waals surface area contributed by atoms with Gasteiger partial charge in [-0.05, 0) is 31.4 Å². The molecule has 1 aliphatic heterocycles. The van der Waals surface area contributed by atoms with Crippen LogP contribution in [0.1, 0.15) is 29.1 Å². The van der Waals surface area contributed by atoms with Crippen LogP contribution < -0.4 is 5.56 Å². The summed E-state index contributed by atoms with van der Waals surface area (Å²) in [5.74, 6) is 0.874. The molecule has 0 saturated heterocycles. The van der Waals surface area contributed by atoms with Crippen LogP contribution in [0.2, 0.25) is 0 Å². The summed E-state index contributed by atoms with van der Waals surface area (Å²) in [5.41, 5.74) is 1.92. The van der Waals surface area contributed by atoms with Crippen LogP contribution in [0.3, 0.4) is 0 Å². The molecule has 0 aliphatic carbocycles. The summed E-state index contributed by atoms with van der Waals surface area (Å²) in [6.45, 7) is 2.75. The van der Waals surface area contributed by atoms with Crippen molar-refractivity contribution in [1.82, 2.24) is 9.55 Å². The number of nitrogens with zero attached hydrogens (tertiary/aromatic N) is 2. The Morgan fingerprint density at radius 1 is 1.47 bits per heavy atom. The van der Waals surface area contributed by atoms with Crippen LogP contribution in [0.5, 0.6) is 0 Å². The Hall–Kier alpha value is -1.16. The predicted octanol–water partition coefficient (Wildman–Crippen LogP) is 2.93. The summed E-state index contributed by atoms with van der Waals surface area (Å²) in [7, 11) is 0. The van der Waals surface area contributed by atoms with Crippen molar-refractivity contribution in [2.45, 2.75) is 31.1 Å². The minimum Gasteiger partial charge on any atom is -0.295 e. The van der Waals surface area contributed by atoms with Crippen LogP contribution in [0, 0.1) is 6.92 Å². The van der Waals surface area contributed by atoms with Gasteiger partial charge in [0.2, 0.25) is 0 Å². The minimum atomic E-state index is 0.104. The van der Waals surface area contributed by atoms with Gasteiger partial charge in [-0.15, -0.1) is 0 Å². The highest BCUT2D eigenvalue weighted by molar-refractivity contribution is 9.09. The van der Waals surface area contributed by atoms with E-state index in [4.69, 9.17) is 0 Å². The maximum atomic E-state index is 12.4. The zero-order chi connectivity index (χ0) is 12.0. The number of hydrogen-bond acceptors (Lipinski definition) is 2. The van der Waals surface area contributed by atoms with Crippen molar-refractivity contribution < 1.29 is 0 Å². The second-order valence-corrected chi connectivity index (χ2v) is 5.61. The summed E-state index contributed by atoms with van der Waals surface area (Å²) in [6, 6.07) is 5.83. The van der Waals surface area contributed by atoms with E-state index in [9.17, 15) is 4.79 Å². The molecule has 1 aromatic heterocycles. The number of benzene rings is 1. The molecule has 2 heterocycles. The second-order valence-electron chi connectivity index (χ2n) is 4.51. The van der Waals surface area contributed by atoms with Gasteiger partial charge >= 0.3 is 0 Å². The van der Waals surface area contributed by atoms with Crippen LogP contribution >= 0.6 is 15.9 Å². The van der Waals surface area contributed by atoms with Gasteiger partial charge in [0, 0.05) is 6.54 Å². The van der Waals surface area contributed by atoms with Crippen molar-refractivity contribution in [1.29, 1.82) is 0 Å². The van der Waals surface area contributed by atoms with Crippen LogP contribution in [-0.2, 0) is 6.54 Å². The van der Waals surface area contributed by atoms with E-state index in [0.717, 1.165) is 41.7 Å². The quantitative estimate of drug-likeness (QED) is 0.700.